The lowest BCUT2D eigenvalue weighted by molar-refractivity contribution is 0.415. The third-order valence-corrected chi connectivity index (χ3v) is 3.20. The summed E-state index contributed by atoms with van der Waals surface area (Å²) >= 11 is 9.09. The van der Waals surface area contributed by atoms with Gasteiger partial charge in [-0.3, -0.25) is 0 Å². The Labute approximate surface area is 107 Å². The van der Waals surface area contributed by atoms with E-state index in [9.17, 15) is 0 Å². The van der Waals surface area contributed by atoms with Crippen molar-refractivity contribution >= 4 is 27.5 Å². The molecule has 3 nitrogen and oxygen atoms in total. The summed E-state index contributed by atoms with van der Waals surface area (Å²) in [6.45, 7) is 0. The van der Waals surface area contributed by atoms with Crippen LogP contribution in [0.4, 0.5) is 0 Å². The minimum atomic E-state index is 0.359. The molecule has 1 aromatic heterocycles. The molecule has 0 bridgehead atoms. The Morgan fingerprint density at radius 3 is 2.44 bits per heavy atom. The quantitative estimate of drug-likeness (QED) is 0.850. The van der Waals surface area contributed by atoms with Crippen molar-refractivity contribution < 1.29 is 4.74 Å². The molecule has 82 valence electrons. The van der Waals surface area contributed by atoms with Crippen LogP contribution >= 0.6 is 27.5 Å². The van der Waals surface area contributed by atoms with Crippen LogP contribution in [0.2, 0.25) is 5.15 Å². The fourth-order valence-electron chi connectivity index (χ4n) is 1.26. The summed E-state index contributed by atoms with van der Waals surface area (Å²) in [5.41, 5.74) is 1.73. The average molecular weight is 300 g/mol. The molecule has 0 aliphatic carbocycles. The Balaban J connectivity index is 2.38. The van der Waals surface area contributed by atoms with Crippen LogP contribution in [0.1, 0.15) is 0 Å². The molecule has 0 aliphatic rings. The van der Waals surface area contributed by atoms with Crippen molar-refractivity contribution in [2.45, 2.75) is 0 Å². The third kappa shape index (κ3) is 2.33. The second-order valence-corrected chi connectivity index (χ2v) is 4.31. The number of hydrogen-bond acceptors (Lipinski definition) is 3. The molecule has 1 aromatic carbocycles. The first-order valence-electron chi connectivity index (χ1n) is 4.54. The molecule has 0 saturated heterocycles. The minimum absolute atomic E-state index is 0.359. The number of benzene rings is 1. The summed E-state index contributed by atoms with van der Waals surface area (Å²) in [5, 5.41) is 8.21. The van der Waals surface area contributed by atoms with Crippen LogP contribution in [-0.4, -0.2) is 17.3 Å². The summed E-state index contributed by atoms with van der Waals surface area (Å²) in [7, 11) is 1.63. The number of ether oxygens (including phenoxy) is 1. The largest absolute Gasteiger partial charge is 0.497 e. The Bertz CT molecular complexity index is 502. The van der Waals surface area contributed by atoms with Gasteiger partial charge in [0.1, 0.15) is 5.75 Å². The molecule has 0 aliphatic heterocycles. The van der Waals surface area contributed by atoms with Crippen molar-refractivity contribution in [2.75, 3.05) is 7.11 Å². The predicted octanol–water partition coefficient (Wildman–Crippen LogP) is 3.57. The number of nitrogens with zero attached hydrogens (tertiary/aromatic N) is 2. The van der Waals surface area contributed by atoms with Crippen molar-refractivity contribution in [1.29, 1.82) is 0 Å². The van der Waals surface area contributed by atoms with E-state index >= 15 is 0 Å². The van der Waals surface area contributed by atoms with E-state index in [1.54, 1.807) is 7.11 Å². The number of methoxy groups -OCH3 is 1. The lowest BCUT2D eigenvalue weighted by Crippen LogP contribution is -1.89. The van der Waals surface area contributed by atoms with Crippen LogP contribution in [0.5, 0.6) is 5.75 Å². The summed E-state index contributed by atoms with van der Waals surface area (Å²) in [4.78, 5) is 0. The van der Waals surface area contributed by atoms with E-state index in [-0.39, 0.29) is 0 Å². The van der Waals surface area contributed by atoms with E-state index in [1.807, 2.05) is 30.3 Å². The average Bonchev–Trinajstić information content (AvgIpc) is 2.33. The zero-order chi connectivity index (χ0) is 11.5. The van der Waals surface area contributed by atoms with Gasteiger partial charge in [0.15, 0.2) is 5.15 Å². The van der Waals surface area contributed by atoms with Crippen molar-refractivity contribution in [2.24, 2.45) is 0 Å². The molecular weight excluding hydrogens is 291 g/mol. The van der Waals surface area contributed by atoms with Crippen LogP contribution in [0.15, 0.2) is 34.8 Å². The fourth-order valence-corrected chi connectivity index (χ4v) is 1.65. The maximum Gasteiger partial charge on any atom is 0.165 e. The smallest absolute Gasteiger partial charge is 0.165 e. The van der Waals surface area contributed by atoms with E-state index in [4.69, 9.17) is 16.3 Å². The molecule has 0 unspecified atom stereocenters. The highest BCUT2D eigenvalue weighted by Crippen LogP contribution is 2.25. The second-order valence-electron chi connectivity index (χ2n) is 3.10. The molecule has 5 heteroatoms. The number of hydrogen-bond donors (Lipinski definition) is 0. The molecule has 2 aromatic rings. The van der Waals surface area contributed by atoms with Gasteiger partial charge in [0.25, 0.3) is 0 Å². The van der Waals surface area contributed by atoms with Crippen molar-refractivity contribution in [3.05, 3.63) is 40.0 Å². The maximum absolute atomic E-state index is 5.78. The van der Waals surface area contributed by atoms with Crippen LogP contribution in [0, 0.1) is 0 Å². The molecular formula is C11H8BrClN2O. The fraction of sp³-hybridized carbons (Fsp3) is 0.0909. The van der Waals surface area contributed by atoms with Crippen LogP contribution in [0.25, 0.3) is 11.3 Å². The van der Waals surface area contributed by atoms with E-state index in [0.29, 0.717) is 5.15 Å². The highest BCUT2D eigenvalue weighted by Gasteiger charge is 2.04. The molecule has 2 rings (SSSR count). The second kappa shape index (κ2) is 4.80. The van der Waals surface area contributed by atoms with E-state index in [1.165, 1.54) is 0 Å². The Morgan fingerprint density at radius 2 is 1.88 bits per heavy atom. The van der Waals surface area contributed by atoms with Gasteiger partial charge in [0.2, 0.25) is 0 Å². The summed E-state index contributed by atoms with van der Waals surface area (Å²) in [5.74, 6) is 0.810. The van der Waals surface area contributed by atoms with Gasteiger partial charge in [0, 0.05) is 5.56 Å². The summed E-state index contributed by atoms with van der Waals surface area (Å²) in [6, 6.07) is 9.42. The summed E-state index contributed by atoms with van der Waals surface area (Å²) in [6.07, 6.45) is 0. The zero-order valence-electron chi connectivity index (χ0n) is 8.45. The van der Waals surface area contributed by atoms with Crippen LogP contribution in [0.3, 0.4) is 0 Å². The van der Waals surface area contributed by atoms with Gasteiger partial charge in [-0.2, -0.15) is 0 Å². The van der Waals surface area contributed by atoms with Gasteiger partial charge in [-0.05, 0) is 46.3 Å². The van der Waals surface area contributed by atoms with Gasteiger partial charge >= 0.3 is 0 Å². The first-order valence-corrected chi connectivity index (χ1v) is 5.71. The highest BCUT2D eigenvalue weighted by atomic mass is 79.9. The summed E-state index contributed by atoms with van der Waals surface area (Å²) < 4.78 is 5.81. The van der Waals surface area contributed by atoms with E-state index in [0.717, 1.165) is 21.5 Å². The van der Waals surface area contributed by atoms with Gasteiger partial charge in [-0.25, -0.2) is 0 Å². The SMILES string of the molecule is COc1ccc(-c2cc(Br)c(Cl)nn2)cc1. The normalized spacial score (nSPS) is 10.2. The Morgan fingerprint density at radius 1 is 1.19 bits per heavy atom. The number of halogens is 2. The molecule has 0 N–H and O–H groups in total. The zero-order valence-corrected chi connectivity index (χ0v) is 10.8. The third-order valence-electron chi connectivity index (χ3n) is 2.09. The van der Waals surface area contributed by atoms with Gasteiger partial charge in [-0.15, -0.1) is 10.2 Å². The first-order chi connectivity index (χ1) is 7.70. The minimum Gasteiger partial charge on any atom is -0.497 e. The molecule has 0 atom stereocenters. The lowest BCUT2D eigenvalue weighted by atomic mass is 10.1. The van der Waals surface area contributed by atoms with Crippen LogP contribution < -0.4 is 4.74 Å². The van der Waals surface area contributed by atoms with Crippen molar-refractivity contribution in [3.8, 4) is 17.0 Å². The topological polar surface area (TPSA) is 35.0 Å². The molecule has 0 amide bonds. The lowest BCUT2D eigenvalue weighted by Gasteiger charge is -2.03. The predicted molar refractivity (Wildman–Crippen MR) is 66.7 cm³/mol. The standard InChI is InChI=1S/C11H8BrClN2O/c1-16-8-4-2-7(3-5-8)10-6-9(12)11(13)15-14-10/h2-6H,1H3. The van der Waals surface area contributed by atoms with E-state index in [2.05, 4.69) is 26.1 Å². The molecule has 0 spiro atoms. The molecule has 16 heavy (non-hydrogen) atoms. The number of aromatic nitrogens is 2. The molecule has 0 radical (unpaired) electrons. The first kappa shape index (κ1) is 11.4. The molecule has 0 saturated carbocycles. The maximum atomic E-state index is 5.78. The van der Waals surface area contributed by atoms with E-state index < -0.39 is 0 Å². The van der Waals surface area contributed by atoms with Gasteiger partial charge < -0.3 is 4.74 Å². The Kier molecular flexibility index (Phi) is 3.41. The Hall–Kier alpha value is -1.13. The monoisotopic (exact) mass is 298 g/mol. The van der Waals surface area contributed by atoms with Gasteiger partial charge in [0.05, 0.1) is 17.3 Å². The molecule has 1 heterocycles. The van der Waals surface area contributed by atoms with Crippen LogP contribution in [-0.2, 0) is 0 Å². The van der Waals surface area contributed by atoms with Crippen molar-refractivity contribution in [3.63, 3.8) is 0 Å². The highest BCUT2D eigenvalue weighted by molar-refractivity contribution is 9.10. The van der Waals surface area contributed by atoms with Gasteiger partial charge in [-0.1, -0.05) is 11.6 Å². The molecule has 0 fully saturated rings. The number of rotatable bonds is 2. The van der Waals surface area contributed by atoms with Crippen molar-refractivity contribution in [1.82, 2.24) is 10.2 Å².